The van der Waals surface area contributed by atoms with E-state index in [1.807, 2.05) is 0 Å². The van der Waals surface area contributed by atoms with Gasteiger partial charge in [0.15, 0.2) is 0 Å². The van der Waals surface area contributed by atoms with Crippen molar-refractivity contribution in [1.29, 1.82) is 0 Å². The Hall–Kier alpha value is -0.830. The fraction of sp³-hybridized carbons (Fsp3) is 0.727. The van der Waals surface area contributed by atoms with E-state index in [1.54, 1.807) is 0 Å². The lowest BCUT2D eigenvalue weighted by molar-refractivity contribution is 0.636. The molecule has 0 bridgehead atoms. The van der Waals surface area contributed by atoms with Crippen molar-refractivity contribution in [3.8, 4) is 0 Å². The highest BCUT2D eigenvalue weighted by Gasteiger charge is 2.20. The van der Waals surface area contributed by atoms with E-state index >= 15 is 0 Å². The van der Waals surface area contributed by atoms with Gasteiger partial charge in [0, 0.05) is 18.8 Å². The van der Waals surface area contributed by atoms with Gasteiger partial charge in [0.05, 0.1) is 5.69 Å². The van der Waals surface area contributed by atoms with Crippen molar-refractivity contribution in [3.05, 3.63) is 17.0 Å². The van der Waals surface area contributed by atoms with Crippen LogP contribution in [-0.2, 0) is 25.9 Å². The molecule has 0 atom stereocenters. The van der Waals surface area contributed by atoms with Crippen LogP contribution in [0.15, 0.2) is 0 Å². The first-order valence-electron chi connectivity index (χ1n) is 5.50. The van der Waals surface area contributed by atoms with Gasteiger partial charge in [0.2, 0.25) is 0 Å². The molecule has 2 heterocycles. The monoisotopic (exact) mass is 193 g/mol. The van der Waals surface area contributed by atoms with Gasteiger partial charge in [0.25, 0.3) is 0 Å². The van der Waals surface area contributed by atoms with E-state index in [0.29, 0.717) is 12.5 Å². The Bertz CT molecular complexity index is 326. The molecule has 1 aromatic heterocycles. The van der Waals surface area contributed by atoms with Crippen LogP contribution in [0.3, 0.4) is 0 Å². The fourth-order valence-electron chi connectivity index (χ4n) is 2.26. The second kappa shape index (κ2) is 3.73. The average Bonchev–Trinajstić information content (AvgIpc) is 2.67. The smallest absolute Gasteiger partial charge is 0.0795 e. The molecular weight excluding hydrogens is 174 g/mol. The summed E-state index contributed by atoms with van der Waals surface area (Å²) in [6.45, 7) is 6.17. The zero-order chi connectivity index (χ0) is 10.1. The molecule has 0 saturated heterocycles. The van der Waals surface area contributed by atoms with E-state index in [1.165, 1.54) is 24.1 Å². The molecule has 0 saturated carbocycles. The highest BCUT2D eigenvalue weighted by atomic mass is 15.3. The number of hydrogen-bond acceptors (Lipinski definition) is 2. The van der Waals surface area contributed by atoms with Crippen LogP contribution in [-0.4, -0.2) is 9.78 Å². The first kappa shape index (κ1) is 9.71. The molecular formula is C11H19N3. The lowest BCUT2D eigenvalue weighted by atomic mass is 9.99. The number of fused-ring (bicyclic) bond motifs is 1. The molecule has 78 valence electrons. The number of aryl methyl sites for hydroxylation is 1. The van der Waals surface area contributed by atoms with Crippen molar-refractivity contribution in [2.75, 3.05) is 0 Å². The SMILES string of the molecule is CC(C)Cc1c(CN)nn2c1CCC2. The summed E-state index contributed by atoms with van der Waals surface area (Å²) in [5.74, 6) is 0.690. The van der Waals surface area contributed by atoms with Gasteiger partial charge >= 0.3 is 0 Å². The third kappa shape index (κ3) is 1.57. The summed E-state index contributed by atoms with van der Waals surface area (Å²) in [6.07, 6.45) is 3.56. The van der Waals surface area contributed by atoms with E-state index < -0.39 is 0 Å². The normalized spacial score (nSPS) is 15.1. The molecule has 2 N–H and O–H groups in total. The Morgan fingerprint density at radius 2 is 2.29 bits per heavy atom. The third-order valence-electron chi connectivity index (χ3n) is 2.84. The lowest BCUT2D eigenvalue weighted by Crippen LogP contribution is -2.05. The Morgan fingerprint density at radius 1 is 1.50 bits per heavy atom. The zero-order valence-electron chi connectivity index (χ0n) is 9.08. The largest absolute Gasteiger partial charge is 0.325 e. The van der Waals surface area contributed by atoms with Crippen molar-refractivity contribution in [3.63, 3.8) is 0 Å². The van der Waals surface area contributed by atoms with Crippen LogP contribution in [0.4, 0.5) is 0 Å². The zero-order valence-corrected chi connectivity index (χ0v) is 9.08. The van der Waals surface area contributed by atoms with Crippen LogP contribution < -0.4 is 5.73 Å². The average molecular weight is 193 g/mol. The van der Waals surface area contributed by atoms with Crippen LogP contribution in [0.1, 0.15) is 37.2 Å². The second-order valence-corrected chi connectivity index (χ2v) is 4.50. The van der Waals surface area contributed by atoms with Gasteiger partial charge in [-0.1, -0.05) is 13.8 Å². The minimum absolute atomic E-state index is 0.585. The minimum atomic E-state index is 0.585. The van der Waals surface area contributed by atoms with E-state index in [4.69, 9.17) is 5.73 Å². The topological polar surface area (TPSA) is 43.8 Å². The second-order valence-electron chi connectivity index (χ2n) is 4.50. The standard InChI is InChI=1S/C11H19N3/c1-8(2)6-9-10(7-12)13-14-5-3-4-11(9)14/h8H,3-7,12H2,1-2H3. The molecule has 0 amide bonds. The molecule has 2 rings (SSSR count). The van der Waals surface area contributed by atoms with Crippen LogP contribution in [0.2, 0.25) is 0 Å². The van der Waals surface area contributed by atoms with Crippen molar-refractivity contribution in [2.45, 2.75) is 46.2 Å². The number of nitrogens with two attached hydrogens (primary N) is 1. The first-order valence-corrected chi connectivity index (χ1v) is 5.50. The molecule has 3 nitrogen and oxygen atoms in total. The van der Waals surface area contributed by atoms with Gasteiger partial charge in [-0.2, -0.15) is 5.10 Å². The molecule has 0 radical (unpaired) electrons. The van der Waals surface area contributed by atoms with Crippen molar-refractivity contribution >= 4 is 0 Å². The minimum Gasteiger partial charge on any atom is -0.325 e. The van der Waals surface area contributed by atoms with Gasteiger partial charge in [0.1, 0.15) is 0 Å². The maximum Gasteiger partial charge on any atom is 0.0795 e. The summed E-state index contributed by atoms with van der Waals surface area (Å²) in [6, 6.07) is 0. The van der Waals surface area contributed by atoms with Crippen LogP contribution >= 0.6 is 0 Å². The van der Waals surface area contributed by atoms with Crippen LogP contribution in [0.25, 0.3) is 0 Å². The first-order chi connectivity index (χ1) is 6.72. The lowest BCUT2D eigenvalue weighted by Gasteiger charge is -2.06. The van der Waals surface area contributed by atoms with E-state index in [-0.39, 0.29) is 0 Å². The molecule has 0 spiro atoms. The highest BCUT2D eigenvalue weighted by Crippen LogP contribution is 2.24. The van der Waals surface area contributed by atoms with Gasteiger partial charge in [-0.25, -0.2) is 0 Å². The summed E-state index contributed by atoms with van der Waals surface area (Å²) < 4.78 is 2.15. The summed E-state index contributed by atoms with van der Waals surface area (Å²) in [5, 5.41) is 4.55. The predicted molar refractivity (Wildman–Crippen MR) is 57.0 cm³/mol. The van der Waals surface area contributed by atoms with Crippen molar-refractivity contribution in [2.24, 2.45) is 11.7 Å². The van der Waals surface area contributed by atoms with Crippen LogP contribution in [0.5, 0.6) is 0 Å². The number of rotatable bonds is 3. The number of nitrogens with zero attached hydrogens (tertiary/aromatic N) is 2. The molecule has 1 aromatic rings. The maximum absolute atomic E-state index is 5.71. The predicted octanol–water partition coefficient (Wildman–Crippen LogP) is 1.49. The van der Waals surface area contributed by atoms with E-state index in [0.717, 1.165) is 18.7 Å². The molecule has 14 heavy (non-hydrogen) atoms. The molecule has 0 fully saturated rings. The molecule has 0 unspecified atom stereocenters. The van der Waals surface area contributed by atoms with Gasteiger partial charge in [-0.15, -0.1) is 0 Å². The molecule has 0 aliphatic carbocycles. The summed E-state index contributed by atoms with van der Waals surface area (Å²) in [5.41, 5.74) is 9.70. The number of hydrogen-bond donors (Lipinski definition) is 1. The van der Waals surface area contributed by atoms with E-state index in [9.17, 15) is 0 Å². The van der Waals surface area contributed by atoms with Gasteiger partial charge in [-0.3, -0.25) is 4.68 Å². The molecule has 1 aliphatic heterocycles. The Kier molecular flexibility index (Phi) is 2.59. The van der Waals surface area contributed by atoms with Crippen LogP contribution in [0, 0.1) is 5.92 Å². The summed E-state index contributed by atoms with van der Waals surface area (Å²) >= 11 is 0. The molecule has 0 aromatic carbocycles. The molecule has 3 heteroatoms. The summed E-state index contributed by atoms with van der Waals surface area (Å²) in [7, 11) is 0. The third-order valence-corrected chi connectivity index (χ3v) is 2.84. The Labute approximate surface area is 85.3 Å². The van der Waals surface area contributed by atoms with E-state index in [2.05, 4.69) is 23.6 Å². The molecule has 1 aliphatic rings. The summed E-state index contributed by atoms with van der Waals surface area (Å²) in [4.78, 5) is 0. The fourth-order valence-corrected chi connectivity index (χ4v) is 2.26. The Balaban J connectivity index is 2.34. The van der Waals surface area contributed by atoms with Gasteiger partial charge < -0.3 is 5.73 Å². The highest BCUT2D eigenvalue weighted by molar-refractivity contribution is 5.28. The quantitative estimate of drug-likeness (QED) is 0.790. The Morgan fingerprint density at radius 3 is 2.93 bits per heavy atom. The van der Waals surface area contributed by atoms with Gasteiger partial charge in [-0.05, 0) is 30.7 Å². The number of aromatic nitrogens is 2. The van der Waals surface area contributed by atoms with Crippen molar-refractivity contribution < 1.29 is 0 Å². The maximum atomic E-state index is 5.71. The van der Waals surface area contributed by atoms with Crippen molar-refractivity contribution in [1.82, 2.24) is 9.78 Å².